The standard InChI is InChI=1S/C72H140O17P2/c1-8-10-11-12-13-31-39-46-53-69(74)82-60-68(89-72(77)56-49-42-35-34-37-44-51-64(5)6)62-87-91(80,81)85-58-66(73)57-84-90(78,79)86-61-67(59-83-70(75)54-47-40-32-27-23-20-16-17-21-25-29-36-43-50-63(3)4)88-71(76)55-48-41-33-28-24-19-15-14-18-22-26-30-38-45-52-65(7)9-2/h63-68,73H,8-62H2,1-7H3,(H,78,79)(H,80,81)/t65?,66-,67-,68-/m1/s1. The largest absolute Gasteiger partial charge is 0.472 e. The second-order valence-corrected chi connectivity index (χ2v) is 30.1. The van der Waals surface area contributed by atoms with Gasteiger partial charge in [-0.3, -0.25) is 37.3 Å². The number of phosphoric ester groups is 2. The molecule has 0 radical (unpaired) electrons. The molecule has 0 aromatic carbocycles. The first-order valence-corrected chi connectivity index (χ1v) is 40.4. The molecule has 540 valence electrons. The predicted octanol–water partition coefficient (Wildman–Crippen LogP) is 20.6. The van der Waals surface area contributed by atoms with E-state index in [4.69, 9.17) is 37.0 Å². The Kier molecular flexibility index (Phi) is 61.5. The Morgan fingerprint density at radius 1 is 0.319 bits per heavy atom. The fourth-order valence-electron chi connectivity index (χ4n) is 10.9. The molecule has 17 nitrogen and oxygen atoms in total. The lowest BCUT2D eigenvalue weighted by Crippen LogP contribution is -2.30. The van der Waals surface area contributed by atoms with Gasteiger partial charge in [0.1, 0.15) is 19.3 Å². The summed E-state index contributed by atoms with van der Waals surface area (Å²) >= 11 is 0. The summed E-state index contributed by atoms with van der Waals surface area (Å²) in [4.78, 5) is 72.5. The Balaban J connectivity index is 5.20. The van der Waals surface area contributed by atoms with Crippen molar-refractivity contribution >= 4 is 39.5 Å². The molecule has 0 aliphatic rings. The quantitative estimate of drug-likeness (QED) is 0.0222. The molecule has 0 aliphatic carbocycles. The predicted molar refractivity (Wildman–Crippen MR) is 368 cm³/mol. The molecule has 0 spiro atoms. The summed E-state index contributed by atoms with van der Waals surface area (Å²) in [6.07, 6.45) is 47.4. The highest BCUT2D eigenvalue weighted by molar-refractivity contribution is 7.47. The van der Waals surface area contributed by atoms with E-state index in [1.165, 1.54) is 167 Å². The van der Waals surface area contributed by atoms with Crippen LogP contribution in [0.2, 0.25) is 0 Å². The molecule has 3 unspecified atom stereocenters. The highest BCUT2D eigenvalue weighted by Gasteiger charge is 2.30. The van der Waals surface area contributed by atoms with Crippen LogP contribution in [0.3, 0.4) is 0 Å². The maximum absolute atomic E-state index is 13.0. The molecule has 0 aromatic rings. The molecule has 19 heteroatoms. The van der Waals surface area contributed by atoms with E-state index in [0.717, 1.165) is 108 Å². The van der Waals surface area contributed by atoms with Crippen molar-refractivity contribution in [1.29, 1.82) is 0 Å². The zero-order valence-electron chi connectivity index (χ0n) is 59.3. The van der Waals surface area contributed by atoms with Crippen molar-refractivity contribution in [2.75, 3.05) is 39.6 Å². The fourth-order valence-corrected chi connectivity index (χ4v) is 12.4. The minimum absolute atomic E-state index is 0.102. The van der Waals surface area contributed by atoms with E-state index in [-0.39, 0.29) is 25.7 Å². The van der Waals surface area contributed by atoms with Crippen molar-refractivity contribution < 1.29 is 80.2 Å². The fraction of sp³-hybridized carbons (Fsp3) is 0.944. The molecule has 0 rings (SSSR count). The molecule has 0 saturated heterocycles. The number of rotatable bonds is 70. The molecule has 0 amide bonds. The van der Waals surface area contributed by atoms with Crippen LogP contribution in [0.1, 0.15) is 363 Å². The lowest BCUT2D eigenvalue weighted by Gasteiger charge is -2.21. The third-order valence-electron chi connectivity index (χ3n) is 17.0. The van der Waals surface area contributed by atoms with Crippen LogP contribution in [0.4, 0.5) is 0 Å². The summed E-state index contributed by atoms with van der Waals surface area (Å²) in [7, 11) is -9.90. The Bertz CT molecular complexity index is 1790. The Morgan fingerprint density at radius 2 is 0.560 bits per heavy atom. The Morgan fingerprint density at radius 3 is 0.835 bits per heavy atom. The smallest absolute Gasteiger partial charge is 0.462 e. The van der Waals surface area contributed by atoms with Gasteiger partial charge in [-0.05, 0) is 43.4 Å². The van der Waals surface area contributed by atoms with Gasteiger partial charge in [-0.2, -0.15) is 0 Å². The molecule has 0 fully saturated rings. The number of ether oxygens (including phenoxy) is 4. The zero-order valence-corrected chi connectivity index (χ0v) is 61.1. The van der Waals surface area contributed by atoms with Gasteiger partial charge in [-0.1, -0.05) is 312 Å². The first kappa shape index (κ1) is 89.1. The number of aliphatic hydroxyl groups is 1. The lowest BCUT2D eigenvalue weighted by atomic mass is 9.99. The molecule has 0 aromatic heterocycles. The highest BCUT2D eigenvalue weighted by Crippen LogP contribution is 2.45. The van der Waals surface area contributed by atoms with Crippen molar-refractivity contribution in [2.24, 2.45) is 17.8 Å². The van der Waals surface area contributed by atoms with E-state index in [2.05, 4.69) is 48.5 Å². The molecular formula is C72H140O17P2. The van der Waals surface area contributed by atoms with Crippen LogP contribution in [0, 0.1) is 17.8 Å². The SMILES string of the molecule is CCCCCCCCCCC(=O)OC[C@H](COP(=O)(O)OC[C@H](O)COP(=O)(O)OC[C@@H](COC(=O)CCCCCCCCCCCCCCCC(C)C)OC(=O)CCCCCCCCCCCCCCCCC(C)CC)OC(=O)CCCCCCCCC(C)C. The van der Waals surface area contributed by atoms with Crippen molar-refractivity contribution in [2.45, 2.75) is 381 Å². The van der Waals surface area contributed by atoms with Gasteiger partial charge in [0, 0.05) is 25.7 Å². The van der Waals surface area contributed by atoms with Crippen LogP contribution in [0.15, 0.2) is 0 Å². The summed E-state index contributed by atoms with van der Waals surface area (Å²) in [6, 6.07) is 0. The van der Waals surface area contributed by atoms with Crippen LogP contribution >= 0.6 is 15.6 Å². The molecule has 6 atom stereocenters. The minimum atomic E-state index is -4.95. The van der Waals surface area contributed by atoms with Gasteiger partial charge >= 0.3 is 39.5 Å². The number of phosphoric acid groups is 2. The maximum Gasteiger partial charge on any atom is 0.472 e. The second-order valence-electron chi connectivity index (χ2n) is 27.2. The topological polar surface area (TPSA) is 237 Å². The van der Waals surface area contributed by atoms with Crippen molar-refractivity contribution in [3.05, 3.63) is 0 Å². The normalized spacial score (nSPS) is 14.5. The van der Waals surface area contributed by atoms with Gasteiger partial charge < -0.3 is 33.8 Å². The number of carbonyl (C=O) groups excluding carboxylic acids is 4. The maximum atomic E-state index is 13.0. The Hall–Kier alpha value is -1.94. The summed E-state index contributed by atoms with van der Waals surface area (Å²) in [5.74, 6) is 0.177. The van der Waals surface area contributed by atoms with Gasteiger partial charge in [0.2, 0.25) is 0 Å². The number of unbranched alkanes of at least 4 members (excludes halogenated alkanes) is 37. The molecule has 0 aliphatic heterocycles. The number of hydrogen-bond donors (Lipinski definition) is 3. The highest BCUT2D eigenvalue weighted by atomic mass is 31.2. The van der Waals surface area contributed by atoms with E-state index in [9.17, 15) is 43.2 Å². The van der Waals surface area contributed by atoms with Crippen LogP contribution < -0.4 is 0 Å². The first-order chi connectivity index (χ1) is 43.8. The second kappa shape index (κ2) is 62.8. The van der Waals surface area contributed by atoms with Crippen LogP contribution in [-0.4, -0.2) is 96.7 Å². The first-order valence-electron chi connectivity index (χ1n) is 37.4. The number of esters is 4. The summed E-state index contributed by atoms with van der Waals surface area (Å²) in [5, 5.41) is 10.6. The zero-order chi connectivity index (χ0) is 67.3. The van der Waals surface area contributed by atoms with E-state index in [1.54, 1.807) is 0 Å². The van der Waals surface area contributed by atoms with Gasteiger partial charge in [0.25, 0.3) is 0 Å². The van der Waals surface area contributed by atoms with Gasteiger partial charge in [-0.25, -0.2) is 9.13 Å². The van der Waals surface area contributed by atoms with Crippen LogP contribution in [-0.2, 0) is 65.4 Å². The van der Waals surface area contributed by atoms with E-state index >= 15 is 0 Å². The summed E-state index contributed by atoms with van der Waals surface area (Å²) < 4.78 is 68.2. The van der Waals surface area contributed by atoms with Gasteiger partial charge in [0.15, 0.2) is 12.2 Å². The third kappa shape index (κ3) is 65.1. The van der Waals surface area contributed by atoms with Crippen LogP contribution in [0.5, 0.6) is 0 Å². The molecule has 91 heavy (non-hydrogen) atoms. The molecule has 0 saturated carbocycles. The minimum Gasteiger partial charge on any atom is -0.462 e. The molecule has 0 heterocycles. The monoisotopic (exact) mass is 1340 g/mol. The lowest BCUT2D eigenvalue weighted by molar-refractivity contribution is -0.161. The average molecular weight is 1340 g/mol. The molecule has 3 N–H and O–H groups in total. The van der Waals surface area contributed by atoms with E-state index in [1.807, 2.05) is 0 Å². The van der Waals surface area contributed by atoms with Crippen LogP contribution in [0.25, 0.3) is 0 Å². The summed E-state index contributed by atoms with van der Waals surface area (Å²) in [5.41, 5.74) is 0. The number of carbonyl (C=O) groups is 4. The summed E-state index contributed by atoms with van der Waals surface area (Å²) in [6.45, 7) is 11.8. The third-order valence-corrected chi connectivity index (χ3v) is 18.9. The van der Waals surface area contributed by atoms with Gasteiger partial charge in [-0.15, -0.1) is 0 Å². The molecular weight excluding hydrogens is 1200 g/mol. The number of aliphatic hydroxyl groups excluding tert-OH is 1. The Labute approximate surface area is 556 Å². The average Bonchev–Trinajstić information content (AvgIpc) is 3.49. The molecule has 0 bridgehead atoms. The van der Waals surface area contributed by atoms with Crippen molar-refractivity contribution in [3.63, 3.8) is 0 Å². The van der Waals surface area contributed by atoms with Gasteiger partial charge in [0.05, 0.1) is 26.4 Å². The van der Waals surface area contributed by atoms with E-state index in [0.29, 0.717) is 31.6 Å². The van der Waals surface area contributed by atoms with Crippen molar-refractivity contribution in [1.82, 2.24) is 0 Å². The van der Waals surface area contributed by atoms with E-state index < -0.39 is 97.5 Å². The number of hydrogen-bond acceptors (Lipinski definition) is 15. The van der Waals surface area contributed by atoms with Crippen molar-refractivity contribution in [3.8, 4) is 0 Å².